The van der Waals surface area contributed by atoms with E-state index in [1.807, 2.05) is 11.0 Å². The number of anilines is 1. The second-order valence-electron chi connectivity index (χ2n) is 7.02. The van der Waals surface area contributed by atoms with Crippen molar-refractivity contribution in [1.29, 1.82) is 0 Å². The highest BCUT2D eigenvalue weighted by Gasteiger charge is 2.41. The van der Waals surface area contributed by atoms with E-state index in [4.69, 9.17) is 0 Å². The monoisotopic (exact) mass is 336 g/mol. The van der Waals surface area contributed by atoms with Gasteiger partial charge in [-0.05, 0) is 30.9 Å². The third kappa shape index (κ3) is 3.73. The Kier molecular flexibility index (Phi) is 5.73. The highest BCUT2D eigenvalue weighted by atomic mass is 16.4. The van der Waals surface area contributed by atoms with Gasteiger partial charge in [0.2, 0.25) is 0 Å². The summed E-state index contributed by atoms with van der Waals surface area (Å²) < 4.78 is 0. The first kappa shape index (κ1) is 17.6. The SMILES string of the molecule is OC[C@@H]1[C@@H](O)[C@H](O)[C@@H](O)CN1CC1CCN(c2ccccc2)CC1. The van der Waals surface area contributed by atoms with Gasteiger partial charge in [-0.3, -0.25) is 4.90 Å². The molecule has 0 aliphatic carbocycles. The fourth-order valence-corrected chi connectivity index (χ4v) is 3.93. The van der Waals surface area contributed by atoms with Crippen LogP contribution in [0.25, 0.3) is 0 Å². The van der Waals surface area contributed by atoms with E-state index in [1.54, 1.807) is 0 Å². The van der Waals surface area contributed by atoms with Gasteiger partial charge in [0.15, 0.2) is 0 Å². The summed E-state index contributed by atoms with van der Waals surface area (Å²) >= 11 is 0. The Morgan fingerprint density at radius 1 is 0.958 bits per heavy atom. The van der Waals surface area contributed by atoms with Crippen LogP contribution in [-0.4, -0.2) is 82.5 Å². The number of hydrogen-bond donors (Lipinski definition) is 4. The maximum atomic E-state index is 10.1. The highest BCUT2D eigenvalue weighted by Crippen LogP contribution is 2.26. The lowest BCUT2D eigenvalue weighted by molar-refractivity contribution is -0.147. The van der Waals surface area contributed by atoms with Crippen LogP contribution in [0.15, 0.2) is 30.3 Å². The lowest BCUT2D eigenvalue weighted by atomic mass is 9.90. The molecule has 1 aromatic rings. The van der Waals surface area contributed by atoms with Crippen molar-refractivity contribution in [3.63, 3.8) is 0 Å². The molecule has 2 aliphatic rings. The number of para-hydroxylation sites is 1. The Balaban J connectivity index is 1.55. The van der Waals surface area contributed by atoms with Gasteiger partial charge in [-0.15, -0.1) is 0 Å². The molecule has 2 fully saturated rings. The molecule has 134 valence electrons. The van der Waals surface area contributed by atoms with Gasteiger partial charge in [0.05, 0.1) is 18.8 Å². The summed E-state index contributed by atoms with van der Waals surface area (Å²) in [5.74, 6) is 0.466. The molecule has 0 unspecified atom stereocenters. The van der Waals surface area contributed by atoms with Gasteiger partial charge in [0.25, 0.3) is 0 Å². The largest absolute Gasteiger partial charge is 0.395 e. The van der Waals surface area contributed by atoms with Crippen LogP contribution in [0.1, 0.15) is 12.8 Å². The Labute approximate surface area is 142 Å². The predicted molar refractivity (Wildman–Crippen MR) is 91.8 cm³/mol. The topological polar surface area (TPSA) is 87.4 Å². The second-order valence-corrected chi connectivity index (χ2v) is 7.02. The molecular formula is C18H28N2O4. The fraction of sp³-hybridized carbons (Fsp3) is 0.667. The van der Waals surface area contributed by atoms with Crippen molar-refractivity contribution in [2.45, 2.75) is 37.2 Å². The van der Waals surface area contributed by atoms with Crippen molar-refractivity contribution in [2.75, 3.05) is 37.7 Å². The Morgan fingerprint density at radius 3 is 2.25 bits per heavy atom. The maximum absolute atomic E-state index is 10.1. The first-order valence-electron chi connectivity index (χ1n) is 8.79. The van der Waals surface area contributed by atoms with Gasteiger partial charge >= 0.3 is 0 Å². The van der Waals surface area contributed by atoms with E-state index in [0.717, 1.165) is 32.5 Å². The first-order valence-corrected chi connectivity index (χ1v) is 8.79. The van der Waals surface area contributed by atoms with Crippen LogP contribution in [0.5, 0.6) is 0 Å². The molecule has 0 radical (unpaired) electrons. The van der Waals surface area contributed by atoms with Crippen molar-refractivity contribution >= 4 is 5.69 Å². The standard InChI is InChI=1S/C18H28N2O4/c21-12-15-17(23)18(24)16(22)11-20(15)10-13-6-8-19(9-7-13)14-4-2-1-3-5-14/h1-5,13,15-18,21-24H,6-12H2/t15-,16+,17-,18-/m1/s1. The minimum atomic E-state index is -1.18. The van der Waals surface area contributed by atoms with Crippen LogP contribution in [0.4, 0.5) is 5.69 Å². The molecule has 6 nitrogen and oxygen atoms in total. The Bertz CT molecular complexity index is 507. The number of benzene rings is 1. The Morgan fingerprint density at radius 2 is 1.62 bits per heavy atom. The minimum Gasteiger partial charge on any atom is -0.395 e. The number of aliphatic hydroxyl groups is 4. The number of rotatable bonds is 4. The van der Waals surface area contributed by atoms with E-state index in [0.29, 0.717) is 12.5 Å². The summed E-state index contributed by atoms with van der Waals surface area (Å²) in [6.45, 7) is 2.78. The molecule has 24 heavy (non-hydrogen) atoms. The minimum absolute atomic E-state index is 0.214. The average molecular weight is 336 g/mol. The number of piperidine rings is 2. The normalized spacial score (nSPS) is 32.9. The molecule has 4 N–H and O–H groups in total. The van der Waals surface area contributed by atoms with E-state index >= 15 is 0 Å². The third-order valence-corrected chi connectivity index (χ3v) is 5.44. The van der Waals surface area contributed by atoms with E-state index in [-0.39, 0.29) is 6.61 Å². The van der Waals surface area contributed by atoms with Gasteiger partial charge in [-0.1, -0.05) is 18.2 Å². The molecule has 3 rings (SSSR count). The average Bonchev–Trinajstić information content (AvgIpc) is 2.61. The van der Waals surface area contributed by atoms with E-state index in [2.05, 4.69) is 29.2 Å². The quantitative estimate of drug-likeness (QED) is 0.602. The van der Waals surface area contributed by atoms with Gasteiger partial charge in [0, 0.05) is 31.9 Å². The van der Waals surface area contributed by atoms with Crippen LogP contribution in [0.3, 0.4) is 0 Å². The van der Waals surface area contributed by atoms with Crippen molar-refractivity contribution in [2.24, 2.45) is 5.92 Å². The van der Waals surface area contributed by atoms with Gasteiger partial charge < -0.3 is 25.3 Å². The summed E-state index contributed by atoms with van der Waals surface area (Å²) in [4.78, 5) is 4.31. The van der Waals surface area contributed by atoms with Gasteiger partial charge in [0.1, 0.15) is 12.2 Å². The zero-order chi connectivity index (χ0) is 17.1. The summed E-state index contributed by atoms with van der Waals surface area (Å²) in [7, 11) is 0. The van der Waals surface area contributed by atoms with E-state index < -0.39 is 24.4 Å². The second kappa shape index (κ2) is 7.80. The number of hydrogen-bond acceptors (Lipinski definition) is 6. The summed E-state index contributed by atoms with van der Waals surface area (Å²) in [5, 5.41) is 39.3. The number of likely N-dealkylation sites (tertiary alicyclic amines) is 1. The van der Waals surface area contributed by atoms with Crippen LogP contribution in [0, 0.1) is 5.92 Å². The molecule has 2 saturated heterocycles. The lowest BCUT2D eigenvalue weighted by Gasteiger charge is -2.45. The lowest BCUT2D eigenvalue weighted by Crippen LogP contribution is -2.63. The zero-order valence-corrected chi connectivity index (χ0v) is 13.9. The van der Waals surface area contributed by atoms with Crippen molar-refractivity contribution in [3.8, 4) is 0 Å². The van der Waals surface area contributed by atoms with Gasteiger partial charge in [-0.25, -0.2) is 0 Å². The molecule has 0 saturated carbocycles. The fourth-order valence-electron chi connectivity index (χ4n) is 3.93. The smallest absolute Gasteiger partial charge is 0.109 e. The van der Waals surface area contributed by atoms with E-state index in [9.17, 15) is 20.4 Å². The summed E-state index contributed by atoms with van der Waals surface area (Å²) in [6.07, 6.45) is -1.18. The summed E-state index contributed by atoms with van der Waals surface area (Å²) in [5.41, 5.74) is 1.25. The van der Waals surface area contributed by atoms with Crippen LogP contribution in [-0.2, 0) is 0 Å². The molecule has 6 heteroatoms. The zero-order valence-electron chi connectivity index (χ0n) is 13.9. The molecule has 4 atom stereocenters. The van der Waals surface area contributed by atoms with Crippen molar-refractivity contribution in [1.82, 2.24) is 4.90 Å². The number of nitrogens with zero attached hydrogens (tertiary/aromatic N) is 2. The predicted octanol–water partition coefficient (Wildman–Crippen LogP) is -0.338. The molecule has 0 spiro atoms. The first-order chi connectivity index (χ1) is 11.6. The van der Waals surface area contributed by atoms with Crippen LogP contribution in [0.2, 0.25) is 0 Å². The highest BCUT2D eigenvalue weighted by molar-refractivity contribution is 5.46. The number of β-amino-alcohol motifs (C(OH)–C–C–N with tert-alkyl or cyclic N) is 1. The molecule has 0 bridgehead atoms. The molecule has 1 aromatic carbocycles. The van der Waals surface area contributed by atoms with Crippen LogP contribution >= 0.6 is 0 Å². The summed E-state index contributed by atoms with van der Waals surface area (Å²) in [6, 6.07) is 9.87. The molecular weight excluding hydrogens is 308 g/mol. The molecule has 0 aromatic heterocycles. The maximum Gasteiger partial charge on any atom is 0.109 e. The van der Waals surface area contributed by atoms with E-state index in [1.165, 1.54) is 5.69 Å². The van der Waals surface area contributed by atoms with Crippen molar-refractivity contribution in [3.05, 3.63) is 30.3 Å². The molecule has 0 amide bonds. The van der Waals surface area contributed by atoms with Crippen LogP contribution < -0.4 is 4.90 Å². The van der Waals surface area contributed by atoms with Crippen molar-refractivity contribution < 1.29 is 20.4 Å². The molecule has 2 heterocycles. The number of aliphatic hydroxyl groups excluding tert-OH is 4. The molecule has 2 aliphatic heterocycles. The third-order valence-electron chi connectivity index (χ3n) is 5.44. The Hall–Kier alpha value is -1.18. The van der Waals surface area contributed by atoms with Gasteiger partial charge in [-0.2, -0.15) is 0 Å².